The van der Waals surface area contributed by atoms with E-state index in [1.807, 2.05) is 42.5 Å². The molecule has 0 unspecified atom stereocenters. The van der Waals surface area contributed by atoms with Crippen molar-refractivity contribution < 1.29 is 13.2 Å². The third kappa shape index (κ3) is 4.39. The normalized spacial score (nSPS) is 18.0. The van der Waals surface area contributed by atoms with Gasteiger partial charge in [-0.1, -0.05) is 56.3 Å². The van der Waals surface area contributed by atoms with Gasteiger partial charge in [-0.05, 0) is 42.0 Å². The predicted molar refractivity (Wildman–Crippen MR) is 106 cm³/mol. The zero-order valence-corrected chi connectivity index (χ0v) is 16.6. The van der Waals surface area contributed by atoms with Crippen molar-refractivity contribution in [3.8, 4) is 0 Å². The lowest BCUT2D eigenvalue weighted by molar-refractivity contribution is -0.124. The molecule has 0 bridgehead atoms. The summed E-state index contributed by atoms with van der Waals surface area (Å²) in [6.45, 7) is 4.90. The standard InChI is InChI=1S/C21H26N2O3S/c1-16(2)18-10-12-19(13-11-18)27(25,26)23-14-6-9-20(23)21(24)22-15-17-7-4-3-5-8-17/h3-5,7-8,10-13,16,20H,6,9,14-15H2,1-2H3,(H,22,24)/t20-/m1/s1. The van der Waals surface area contributed by atoms with Gasteiger partial charge in [0.2, 0.25) is 15.9 Å². The van der Waals surface area contributed by atoms with Gasteiger partial charge < -0.3 is 5.32 Å². The summed E-state index contributed by atoms with van der Waals surface area (Å²) in [6, 6.07) is 15.9. The minimum atomic E-state index is -3.69. The summed E-state index contributed by atoms with van der Waals surface area (Å²) in [4.78, 5) is 12.9. The van der Waals surface area contributed by atoms with Gasteiger partial charge in [0.15, 0.2) is 0 Å². The number of hydrogen-bond donors (Lipinski definition) is 1. The SMILES string of the molecule is CC(C)c1ccc(S(=O)(=O)N2CCC[C@@H]2C(=O)NCc2ccccc2)cc1. The number of benzene rings is 2. The van der Waals surface area contributed by atoms with Gasteiger partial charge in [-0.3, -0.25) is 4.79 Å². The molecule has 1 heterocycles. The van der Waals surface area contributed by atoms with E-state index in [4.69, 9.17) is 0 Å². The lowest BCUT2D eigenvalue weighted by Gasteiger charge is -2.23. The molecule has 0 spiro atoms. The largest absolute Gasteiger partial charge is 0.351 e. The maximum atomic E-state index is 13.1. The summed E-state index contributed by atoms with van der Waals surface area (Å²) in [5.74, 6) is 0.101. The molecule has 0 saturated carbocycles. The second-order valence-corrected chi connectivity index (χ2v) is 9.09. The van der Waals surface area contributed by atoms with E-state index < -0.39 is 16.1 Å². The van der Waals surface area contributed by atoms with Crippen LogP contribution in [0.4, 0.5) is 0 Å². The Balaban J connectivity index is 1.73. The number of amides is 1. The maximum absolute atomic E-state index is 13.1. The van der Waals surface area contributed by atoms with Crippen molar-refractivity contribution in [2.45, 2.75) is 50.1 Å². The first-order valence-electron chi connectivity index (χ1n) is 9.33. The number of hydrogen-bond acceptors (Lipinski definition) is 3. The van der Waals surface area contributed by atoms with Crippen LogP contribution in [0.5, 0.6) is 0 Å². The van der Waals surface area contributed by atoms with Crippen molar-refractivity contribution >= 4 is 15.9 Å². The summed E-state index contributed by atoms with van der Waals surface area (Å²) in [6.07, 6.45) is 1.23. The first-order chi connectivity index (χ1) is 12.9. The third-order valence-electron chi connectivity index (χ3n) is 4.97. The molecule has 0 radical (unpaired) electrons. The number of sulfonamides is 1. The fraction of sp³-hybridized carbons (Fsp3) is 0.381. The zero-order valence-electron chi connectivity index (χ0n) is 15.8. The molecule has 6 heteroatoms. The van der Waals surface area contributed by atoms with E-state index in [0.717, 1.165) is 11.1 Å². The first kappa shape index (κ1) is 19.6. The summed E-state index contributed by atoms with van der Waals surface area (Å²) in [5, 5.41) is 2.87. The van der Waals surface area contributed by atoms with E-state index in [-0.39, 0.29) is 10.8 Å². The van der Waals surface area contributed by atoms with Crippen molar-refractivity contribution in [2.24, 2.45) is 0 Å². The van der Waals surface area contributed by atoms with Crippen molar-refractivity contribution in [3.63, 3.8) is 0 Å². The molecular weight excluding hydrogens is 360 g/mol. The maximum Gasteiger partial charge on any atom is 0.243 e. The number of nitrogens with zero attached hydrogens (tertiary/aromatic N) is 1. The Morgan fingerprint density at radius 3 is 2.41 bits per heavy atom. The van der Waals surface area contributed by atoms with Gasteiger partial charge in [0.05, 0.1) is 4.90 Å². The number of rotatable bonds is 6. The highest BCUT2D eigenvalue weighted by Crippen LogP contribution is 2.27. The van der Waals surface area contributed by atoms with Gasteiger partial charge >= 0.3 is 0 Å². The zero-order chi connectivity index (χ0) is 19.4. The summed E-state index contributed by atoms with van der Waals surface area (Å²) >= 11 is 0. The molecule has 1 amide bonds. The molecule has 1 N–H and O–H groups in total. The van der Waals surface area contributed by atoms with Gasteiger partial charge in [-0.25, -0.2) is 8.42 Å². The molecule has 144 valence electrons. The van der Waals surface area contributed by atoms with Gasteiger partial charge in [0, 0.05) is 13.1 Å². The van der Waals surface area contributed by atoms with E-state index in [2.05, 4.69) is 19.2 Å². The Morgan fingerprint density at radius 2 is 1.78 bits per heavy atom. The summed E-state index contributed by atoms with van der Waals surface area (Å²) in [7, 11) is -3.69. The van der Waals surface area contributed by atoms with E-state index in [1.54, 1.807) is 12.1 Å². The third-order valence-corrected chi connectivity index (χ3v) is 6.89. The Bertz CT molecular complexity index is 877. The Hall–Kier alpha value is -2.18. The van der Waals surface area contributed by atoms with Gasteiger partial charge in [-0.15, -0.1) is 0 Å². The average Bonchev–Trinajstić information content (AvgIpc) is 3.18. The van der Waals surface area contributed by atoms with E-state index in [0.29, 0.717) is 31.8 Å². The van der Waals surface area contributed by atoms with Gasteiger partial charge in [0.1, 0.15) is 6.04 Å². The molecule has 5 nitrogen and oxygen atoms in total. The van der Waals surface area contributed by atoms with Crippen molar-refractivity contribution in [1.29, 1.82) is 0 Å². The molecule has 0 aromatic heterocycles. The van der Waals surface area contributed by atoms with E-state index >= 15 is 0 Å². The van der Waals surface area contributed by atoms with Crippen molar-refractivity contribution in [1.82, 2.24) is 9.62 Å². The topological polar surface area (TPSA) is 66.5 Å². The predicted octanol–water partition coefficient (Wildman–Crippen LogP) is 3.28. The Kier molecular flexibility index (Phi) is 5.97. The summed E-state index contributed by atoms with van der Waals surface area (Å²) < 4.78 is 27.4. The fourth-order valence-corrected chi connectivity index (χ4v) is 5.01. The molecule has 1 aliphatic rings. The average molecular weight is 387 g/mol. The van der Waals surface area contributed by atoms with E-state index in [1.165, 1.54) is 4.31 Å². The Morgan fingerprint density at radius 1 is 1.11 bits per heavy atom. The first-order valence-corrected chi connectivity index (χ1v) is 10.8. The van der Waals surface area contributed by atoms with Crippen LogP contribution >= 0.6 is 0 Å². The molecular formula is C21H26N2O3S. The van der Waals surface area contributed by atoms with Crippen LogP contribution < -0.4 is 5.32 Å². The molecule has 2 aromatic rings. The van der Waals surface area contributed by atoms with Gasteiger partial charge in [-0.2, -0.15) is 4.31 Å². The van der Waals surface area contributed by atoms with Crippen LogP contribution in [0.15, 0.2) is 59.5 Å². The highest BCUT2D eigenvalue weighted by Gasteiger charge is 2.39. The molecule has 27 heavy (non-hydrogen) atoms. The highest BCUT2D eigenvalue weighted by molar-refractivity contribution is 7.89. The van der Waals surface area contributed by atoms with Gasteiger partial charge in [0.25, 0.3) is 0 Å². The monoisotopic (exact) mass is 386 g/mol. The van der Waals surface area contributed by atoms with E-state index in [9.17, 15) is 13.2 Å². The van der Waals surface area contributed by atoms with Crippen LogP contribution in [-0.2, 0) is 21.4 Å². The molecule has 0 aliphatic carbocycles. The Labute approximate surface area is 161 Å². The van der Waals surface area contributed by atoms with Crippen LogP contribution in [0.1, 0.15) is 43.7 Å². The molecule has 1 aliphatic heterocycles. The van der Waals surface area contributed by atoms with Crippen LogP contribution in [-0.4, -0.2) is 31.2 Å². The van der Waals surface area contributed by atoms with Crippen LogP contribution in [0, 0.1) is 0 Å². The van der Waals surface area contributed by atoms with Crippen LogP contribution in [0.2, 0.25) is 0 Å². The summed E-state index contributed by atoms with van der Waals surface area (Å²) in [5.41, 5.74) is 2.08. The quantitative estimate of drug-likeness (QED) is 0.828. The lowest BCUT2D eigenvalue weighted by atomic mass is 10.0. The molecule has 1 saturated heterocycles. The van der Waals surface area contributed by atoms with Crippen LogP contribution in [0.3, 0.4) is 0 Å². The molecule has 1 fully saturated rings. The highest BCUT2D eigenvalue weighted by atomic mass is 32.2. The van der Waals surface area contributed by atoms with Crippen molar-refractivity contribution in [3.05, 3.63) is 65.7 Å². The second-order valence-electron chi connectivity index (χ2n) is 7.20. The molecule has 2 aromatic carbocycles. The molecule has 1 atom stereocenters. The minimum absolute atomic E-state index is 0.237. The number of carbonyl (C=O) groups is 1. The fourth-order valence-electron chi connectivity index (χ4n) is 3.35. The van der Waals surface area contributed by atoms with Crippen LogP contribution in [0.25, 0.3) is 0 Å². The minimum Gasteiger partial charge on any atom is -0.351 e. The number of nitrogens with one attached hydrogen (secondary N) is 1. The number of carbonyl (C=O) groups excluding carboxylic acids is 1. The lowest BCUT2D eigenvalue weighted by Crippen LogP contribution is -2.45. The smallest absolute Gasteiger partial charge is 0.243 e. The van der Waals surface area contributed by atoms with Crippen molar-refractivity contribution in [2.75, 3.05) is 6.54 Å². The second kappa shape index (κ2) is 8.23. The molecule has 3 rings (SSSR count).